The fourth-order valence-corrected chi connectivity index (χ4v) is 3.19. The summed E-state index contributed by atoms with van der Waals surface area (Å²) in [5.74, 6) is -0.460. The number of thioether (sulfide) groups is 1. The van der Waals surface area contributed by atoms with E-state index < -0.39 is 18.5 Å². The number of anilines is 1. The number of esters is 1. The molecule has 29 heavy (non-hydrogen) atoms. The van der Waals surface area contributed by atoms with Crippen molar-refractivity contribution in [3.8, 4) is 17.6 Å². The van der Waals surface area contributed by atoms with Gasteiger partial charge in [-0.3, -0.25) is 14.4 Å². The zero-order chi connectivity index (χ0) is 21.4. The fourth-order valence-electron chi connectivity index (χ4n) is 2.32. The van der Waals surface area contributed by atoms with Crippen molar-refractivity contribution < 1.29 is 23.8 Å². The molecule has 0 saturated heterocycles. The Hall–Kier alpha value is -3.45. The van der Waals surface area contributed by atoms with E-state index in [1.54, 1.807) is 25.1 Å². The van der Waals surface area contributed by atoms with Crippen LogP contribution in [-0.2, 0) is 14.3 Å². The molecule has 0 bridgehead atoms. The van der Waals surface area contributed by atoms with Crippen molar-refractivity contribution in [2.24, 2.45) is 0 Å². The molecule has 1 amide bonds. The third-order valence-electron chi connectivity index (χ3n) is 3.70. The summed E-state index contributed by atoms with van der Waals surface area (Å²) in [6, 6.07) is 8.17. The molecule has 2 rings (SSSR count). The van der Waals surface area contributed by atoms with Crippen molar-refractivity contribution in [3.63, 3.8) is 0 Å². The molecule has 1 aromatic heterocycles. The predicted molar refractivity (Wildman–Crippen MR) is 106 cm³/mol. The Balaban J connectivity index is 1.91. The van der Waals surface area contributed by atoms with Crippen LogP contribution >= 0.6 is 11.8 Å². The van der Waals surface area contributed by atoms with Gasteiger partial charge in [0.15, 0.2) is 6.61 Å². The van der Waals surface area contributed by atoms with Crippen molar-refractivity contribution in [1.29, 1.82) is 5.26 Å². The van der Waals surface area contributed by atoms with Gasteiger partial charge < -0.3 is 24.5 Å². The lowest BCUT2D eigenvalue weighted by atomic mass is 10.2. The predicted octanol–water partition coefficient (Wildman–Crippen LogP) is 1.85. The number of hydrogen-bond acceptors (Lipinski definition) is 8. The van der Waals surface area contributed by atoms with Crippen LogP contribution in [0, 0.1) is 18.3 Å². The molecular weight excluding hydrogens is 398 g/mol. The van der Waals surface area contributed by atoms with Crippen molar-refractivity contribution >= 4 is 29.3 Å². The maximum Gasteiger partial charge on any atom is 0.316 e. The van der Waals surface area contributed by atoms with Crippen LogP contribution < -0.4 is 20.3 Å². The lowest BCUT2D eigenvalue weighted by Gasteiger charge is -2.12. The number of aromatic nitrogens is 1. The second-order valence-corrected chi connectivity index (χ2v) is 6.68. The number of nitriles is 1. The van der Waals surface area contributed by atoms with Crippen molar-refractivity contribution in [2.75, 3.05) is 31.9 Å². The summed E-state index contributed by atoms with van der Waals surface area (Å²) in [7, 11) is 2.95. The number of pyridine rings is 1. The molecule has 2 N–H and O–H groups in total. The van der Waals surface area contributed by atoms with Gasteiger partial charge in [-0.25, -0.2) is 0 Å². The van der Waals surface area contributed by atoms with Crippen LogP contribution in [0.4, 0.5) is 5.69 Å². The Kier molecular flexibility index (Phi) is 7.68. The van der Waals surface area contributed by atoms with Gasteiger partial charge in [-0.2, -0.15) is 5.26 Å². The van der Waals surface area contributed by atoms with Gasteiger partial charge in [-0.1, -0.05) is 11.8 Å². The summed E-state index contributed by atoms with van der Waals surface area (Å²) in [4.78, 5) is 38.1. The van der Waals surface area contributed by atoms with E-state index in [1.807, 2.05) is 6.07 Å². The van der Waals surface area contributed by atoms with E-state index in [0.29, 0.717) is 22.7 Å². The molecule has 1 heterocycles. The largest absolute Gasteiger partial charge is 0.497 e. The highest BCUT2D eigenvalue weighted by Crippen LogP contribution is 2.28. The Morgan fingerprint density at radius 3 is 2.66 bits per heavy atom. The van der Waals surface area contributed by atoms with Gasteiger partial charge in [-0.05, 0) is 24.6 Å². The summed E-state index contributed by atoms with van der Waals surface area (Å²) in [6.07, 6.45) is 0. The molecule has 0 fully saturated rings. The van der Waals surface area contributed by atoms with Crippen LogP contribution in [-0.4, -0.2) is 43.4 Å². The highest BCUT2D eigenvalue weighted by atomic mass is 32.2. The van der Waals surface area contributed by atoms with Gasteiger partial charge in [0, 0.05) is 12.1 Å². The Morgan fingerprint density at radius 1 is 1.24 bits per heavy atom. The smallest absolute Gasteiger partial charge is 0.316 e. The SMILES string of the molecule is COc1ccc(OC)c(NC(=O)COC(=O)CSc2[nH]c(=O)cc(C)c2C#N)c1. The Labute approximate surface area is 171 Å². The molecule has 0 atom stereocenters. The molecule has 0 spiro atoms. The fraction of sp³-hybridized carbons (Fsp3) is 0.263. The first-order valence-electron chi connectivity index (χ1n) is 8.32. The first kappa shape index (κ1) is 21.8. The number of aryl methyl sites for hydroxylation is 1. The van der Waals surface area contributed by atoms with Crippen molar-refractivity contribution in [3.05, 3.63) is 45.7 Å². The van der Waals surface area contributed by atoms with Crippen LogP contribution in [0.2, 0.25) is 0 Å². The third-order valence-corrected chi connectivity index (χ3v) is 4.67. The minimum Gasteiger partial charge on any atom is -0.497 e. The molecular formula is C19H19N3O6S. The van der Waals surface area contributed by atoms with E-state index in [4.69, 9.17) is 14.2 Å². The average Bonchev–Trinajstić information content (AvgIpc) is 2.70. The summed E-state index contributed by atoms with van der Waals surface area (Å²) in [5.41, 5.74) is 0.797. The molecule has 1 aromatic carbocycles. The minimum atomic E-state index is -0.672. The van der Waals surface area contributed by atoms with Gasteiger partial charge in [0.2, 0.25) is 5.56 Å². The number of nitrogens with one attached hydrogen (secondary N) is 2. The van der Waals surface area contributed by atoms with Gasteiger partial charge >= 0.3 is 5.97 Å². The topological polar surface area (TPSA) is 131 Å². The van der Waals surface area contributed by atoms with E-state index in [9.17, 15) is 19.6 Å². The van der Waals surface area contributed by atoms with Crippen LogP contribution in [0.3, 0.4) is 0 Å². The molecule has 9 nitrogen and oxygen atoms in total. The lowest BCUT2D eigenvalue weighted by molar-refractivity contribution is -0.144. The Morgan fingerprint density at radius 2 is 2.00 bits per heavy atom. The van der Waals surface area contributed by atoms with E-state index >= 15 is 0 Å². The number of aromatic amines is 1. The Bertz CT molecular complexity index is 1010. The minimum absolute atomic E-state index is 0.177. The average molecular weight is 417 g/mol. The molecule has 0 unspecified atom stereocenters. The zero-order valence-electron chi connectivity index (χ0n) is 16.0. The number of ether oxygens (including phenoxy) is 3. The highest BCUT2D eigenvalue weighted by molar-refractivity contribution is 7.99. The van der Waals surface area contributed by atoms with Crippen LogP contribution in [0.1, 0.15) is 11.1 Å². The highest BCUT2D eigenvalue weighted by Gasteiger charge is 2.14. The van der Waals surface area contributed by atoms with Gasteiger partial charge in [-0.15, -0.1) is 0 Å². The second kappa shape index (κ2) is 10.2. The molecule has 152 valence electrons. The first-order valence-corrected chi connectivity index (χ1v) is 9.30. The molecule has 2 aromatic rings. The van der Waals surface area contributed by atoms with Gasteiger partial charge in [0.25, 0.3) is 5.91 Å². The zero-order valence-corrected chi connectivity index (χ0v) is 16.8. The number of methoxy groups -OCH3 is 2. The van der Waals surface area contributed by atoms with Crippen molar-refractivity contribution in [2.45, 2.75) is 11.9 Å². The van der Waals surface area contributed by atoms with E-state index in [-0.39, 0.29) is 21.9 Å². The number of carbonyl (C=O) groups is 2. The van der Waals surface area contributed by atoms with Crippen LogP contribution in [0.15, 0.2) is 34.1 Å². The summed E-state index contributed by atoms with van der Waals surface area (Å²) in [5, 5.41) is 12.0. The number of carbonyl (C=O) groups excluding carboxylic acids is 2. The van der Waals surface area contributed by atoms with Crippen LogP contribution in [0.5, 0.6) is 11.5 Å². The summed E-state index contributed by atoms with van der Waals surface area (Å²) >= 11 is 0.954. The van der Waals surface area contributed by atoms with E-state index in [2.05, 4.69) is 10.3 Å². The number of H-pyrrole nitrogens is 1. The monoisotopic (exact) mass is 417 g/mol. The molecule has 0 aliphatic heterocycles. The van der Waals surface area contributed by atoms with Gasteiger partial charge in [0.1, 0.15) is 17.6 Å². The number of benzene rings is 1. The summed E-state index contributed by atoms with van der Waals surface area (Å²) < 4.78 is 15.2. The van der Waals surface area contributed by atoms with Gasteiger partial charge in [0.05, 0.1) is 36.2 Å². The lowest BCUT2D eigenvalue weighted by Crippen LogP contribution is -2.22. The molecule has 0 aliphatic carbocycles. The first-order chi connectivity index (χ1) is 13.9. The number of amides is 1. The van der Waals surface area contributed by atoms with E-state index in [1.165, 1.54) is 20.3 Å². The van der Waals surface area contributed by atoms with Crippen LogP contribution in [0.25, 0.3) is 0 Å². The maximum atomic E-state index is 12.1. The maximum absolute atomic E-state index is 12.1. The number of rotatable bonds is 8. The molecule has 0 saturated carbocycles. The number of nitrogens with zero attached hydrogens (tertiary/aromatic N) is 1. The quantitative estimate of drug-likeness (QED) is 0.491. The van der Waals surface area contributed by atoms with Crippen molar-refractivity contribution in [1.82, 2.24) is 4.98 Å². The van der Waals surface area contributed by atoms with E-state index in [0.717, 1.165) is 11.8 Å². The summed E-state index contributed by atoms with van der Waals surface area (Å²) in [6.45, 7) is 1.13. The second-order valence-electron chi connectivity index (χ2n) is 5.70. The number of hydrogen-bond donors (Lipinski definition) is 2. The standard InChI is InChI=1S/C19H19N3O6S/c1-11-6-16(23)22-19(13(11)8-20)29-10-18(25)28-9-17(24)21-14-7-12(26-2)4-5-15(14)27-3/h4-7H,9-10H2,1-3H3,(H,21,24)(H,22,23). The normalized spacial score (nSPS) is 10.0. The molecule has 10 heteroatoms. The molecule has 0 aliphatic rings. The molecule has 0 radical (unpaired) electrons. The third kappa shape index (κ3) is 6.02.